The molecule has 0 radical (unpaired) electrons. The standard InChI is InChI=1S/C15H19N5OS/c1-19(14(21)9-22-15-18-17-10-20(15)16)13-8-4-6-11-5-2-3-7-12(11)13/h2-3,5,7,10,13H,4,6,8-9,16H2,1H3/t13-/m1/s1. The van der Waals surface area contributed by atoms with Crippen molar-refractivity contribution in [3.8, 4) is 0 Å². The molecule has 1 aliphatic rings. The smallest absolute Gasteiger partial charge is 0.233 e. The van der Waals surface area contributed by atoms with Crippen LogP contribution in [0.25, 0.3) is 0 Å². The van der Waals surface area contributed by atoms with Crippen LogP contribution in [-0.2, 0) is 11.2 Å². The van der Waals surface area contributed by atoms with Gasteiger partial charge >= 0.3 is 0 Å². The van der Waals surface area contributed by atoms with Crippen LogP contribution < -0.4 is 5.84 Å². The van der Waals surface area contributed by atoms with Crippen LogP contribution in [0.2, 0.25) is 0 Å². The molecule has 0 fully saturated rings. The maximum Gasteiger partial charge on any atom is 0.233 e. The van der Waals surface area contributed by atoms with Crippen molar-refractivity contribution in [2.45, 2.75) is 30.5 Å². The average molecular weight is 317 g/mol. The molecule has 1 amide bonds. The van der Waals surface area contributed by atoms with E-state index in [4.69, 9.17) is 5.84 Å². The number of carbonyl (C=O) groups is 1. The molecular formula is C15H19N5OS. The van der Waals surface area contributed by atoms with E-state index in [0.717, 1.165) is 19.3 Å². The summed E-state index contributed by atoms with van der Waals surface area (Å²) in [5, 5.41) is 8.13. The number of nitrogens with zero attached hydrogens (tertiary/aromatic N) is 4. The Morgan fingerprint density at radius 1 is 1.50 bits per heavy atom. The molecule has 0 saturated carbocycles. The van der Waals surface area contributed by atoms with Gasteiger partial charge in [-0.1, -0.05) is 36.0 Å². The third-order valence-corrected chi connectivity index (χ3v) is 5.01. The van der Waals surface area contributed by atoms with Gasteiger partial charge in [0.2, 0.25) is 11.1 Å². The molecule has 2 N–H and O–H groups in total. The van der Waals surface area contributed by atoms with Gasteiger partial charge in [-0.25, -0.2) is 4.68 Å². The van der Waals surface area contributed by atoms with Crippen molar-refractivity contribution in [3.63, 3.8) is 0 Å². The van der Waals surface area contributed by atoms with Gasteiger partial charge in [0.25, 0.3) is 0 Å². The maximum atomic E-state index is 12.5. The van der Waals surface area contributed by atoms with E-state index in [1.807, 2.05) is 18.0 Å². The number of thioether (sulfide) groups is 1. The molecule has 1 heterocycles. The SMILES string of the molecule is CN(C(=O)CSc1nncn1N)[C@@H]1CCCc2ccccc21. The van der Waals surface area contributed by atoms with Crippen LogP contribution in [0.3, 0.4) is 0 Å². The number of aryl methyl sites for hydroxylation is 1. The maximum absolute atomic E-state index is 12.5. The number of nitrogen functional groups attached to an aromatic ring is 1. The van der Waals surface area contributed by atoms with Crippen molar-refractivity contribution < 1.29 is 4.79 Å². The molecule has 116 valence electrons. The van der Waals surface area contributed by atoms with Crippen LogP contribution in [0.4, 0.5) is 0 Å². The Kier molecular flexibility index (Phi) is 4.33. The van der Waals surface area contributed by atoms with Crippen LogP contribution in [-0.4, -0.2) is 38.5 Å². The predicted molar refractivity (Wildman–Crippen MR) is 85.8 cm³/mol. The van der Waals surface area contributed by atoms with Crippen molar-refractivity contribution in [1.29, 1.82) is 0 Å². The first-order valence-electron chi connectivity index (χ1n) is 7.28. The molecule has 0 bridgehead atoms. The van der Waals surface area contributed by atoms with Crippen LogP contribution in [0.5, 0.6) is 0 Å². The van der Waals surface area contributed by atoms with E-state index >= 15 is 0 Å². The summed E-state index contributed by atoms with van der Waals surface area (Å²) < 4.78 is 1.33. The van der Waals surface area contributed by atoms with Crippen molar-refractivity contribution in [1.82, 2.24) is 19.8 Å². The van der Waals surface area contributed by atoms with Gasteiger partial charge in [0.15, 0.2) is 0 Å². The van der Waals surface area contributed by atoms with E-state index in [0.29, 0.717) is 10.9 Å². The summed E-state index contributed by atoms with van der Waals surface area (Å²) in [4.78, 5) is 14.3. The third-order valence-electron chi connectivity index (χ3n) is 4.06. The highest BCUT2D eigenvalue weighted by molar-refractivity contribution is 7.99. The molecule has 1 aromatic carbocycles. The highest BCUT2D eigenvalue weighted by Gasteiger charge is 2.26. The van der Waals surface area contributed by atoms with Crippen LogP contribution >= 0.6 is 11.8 Å². The summed E-state index contributed by atoms with van der Waals surface area (Å²) in [6.45, 7) is 0. The Hall–Kier alpha value is -2.02. The highest BCUT2D eigenvalue weighted by atomic mass is 32.2. The van der Waals surface area contributed by atoms with E-state index in [9.17, 15) is 4.79 Å². The second kappa shape index (κ2) is 6.39. The summed E-state index contributed by atoms with van der Waals surface area (Å²) in [6.07, 6.45) is 4.65. The fourth-order valence-electron chi connectivity index (χ4n) is 2.87. The fraction of sp³-hybridized carbons (Fsp3) is 0.400. The van der Waals surface area contributed by atoms with Crippen molar-refractivity contribution in [2.75, 3.05) is 18.6 Å². The number of hydrogen-bond acceptors (Lipinski definition) is 5. The minimum absolute atomic E-state index is 0.0784. The molecule has 22 heavy (non-hydrogen) atoms. The summed E-state index contributed by atoms with van der Waals surface area (Å²) in [7, 11) is 1.88. The largest absolute Gasteiger partial charge is 0.338 e. The number of fused-ring (bicyclic) bond motifs is 1. The van der Waals surface area contributed by atoms with Gasteiger partial charge in [-0.15, -0.1) is 10.2 Å². The third kappa shape index (κ3) is 2.94. The lowest BCUT2D eigenvalue weighted by Crippen LogP contribution is -2.34. The Bertz CT molecular complexity index is 671. The normalized spacial score (nSPS) is 17.0. The molecule has 0 saturated heterocycles. The van der Waals surface area contributed by atoms with E-state index in [1.165, 1.54) is 33.9 Å². The number of aromatic nitrogens is 3. The van der Waals surface area contributed by atoms with Crippen molar-refractivity contribution in [3.05, 3.63) is 41.7 Å². The summed E-state index contributed by atoms with van der Waals surface area (Å²) in [5.41, 5.74) is 2.63. The molecule has 2 aromatic rings. The van der Waals surface area contributed by atoms with Crippen LogP contribution in [0.15, 0.2) is 35.7 Å². The van der Waals surface area contributed by atoms with Gasteiger partial charge in [-0.3, -0.25) is 4.79 Å². The lowest BCUT2D eigenvalue weighted by atomic mass is 9.87. The van der Waals surface area contributed by atoms with E-state index in [2.05, 4.69) is 28.4 Å². The number of amides is 1. The first-order chi connectivity index (χ1) is 10.7. The Morgan fingerprint density at radius 3 is 3.09 bits per heavy atom. The Balaban J connectivity index is 1.67. The fourth-order valence-corrected chi connectivity index (χ4v) is 3.63. The first kappa shape index (κ1) is 14.9. The van der Waals surface area contributed by atoms with Gasteiger partial charge < -0.3 is 10.7 Å². The van der Waals surface area contributed by atoms with Gasteiger partial charge in [0.05, 0.1) is 11.8 Å². The molecule has 1 atom stereocenters. The quantitative estimate of drug-likeness (QED) is 0.685. The van der Waals surface area contributed by atoms with Crippen molar-refractivity contribution >= 4 is 17.7 Å². The lowest BCUT2D eigenvalue weighted by Gasteiger charge is -2.33. The number of benzene rings is 1. The van der Waals surface area contributed by atoms with Gasteiger partial charge in [0.1, 0.15) is 6.33 Å². The van der Waals surface area contributed by atoms with E-state index in [1.54, 1.807) is 0 Å². The predicted octanol–water partition coefficient (Wildman–Crippen LogP) is 1.62. The number of carbonyl (C=O) groups excluding carboxylic acids is 1. The minimum atomic E-state index is 0.0784. The van der Waals surface area contributed by atoms with E-state index < -0.39 is 0 Å². The average Bonchev–Trinajstić information content (AvgIpc) is 2.96. The molecule has 1 aromatic heterocycles. The zero-order chi connectivity index (χ0) is 15.5. The first-order valence-corrected chi connectivity index (χ1v) is 8.26. The number of nitrogens with two attached hydrogens (primary N) is 1. The second-order valence-corrected chi connectivity index (χ2v) is 6.36. The topological polar surface area (TPSA) is 77.0 Å². The molecular weight excluding hydrogens is 298 g/mol. The molecule has 3 rings (SSSR count). The Labute approximate surface area is 133 Å². The molecule has 1 aliphatic carbocycles. The highest BCUT2D eigenvalue weighted by Crippen LogP contribution is 2.33. The Morgan fingerprint density at radius 2 is 2.32 bits per heavy atom. The zero-order valence-electron chi connectivity index (χ0n) is 12.5. The summed E-state index contributed by atoms with van der Waals surface area (Å²) >= 11 is 1.31. The molecule has 6 nitrogen and oxygen atoms in total. The summed E-state index contributed by atoms with van der Waals surface area (Å²) in [5.74, 6) is 6.04. The minimum Gasteiger partial charge on any atom is -0.338 e. The number of hydrogen-bond donors (Lipinski definition) is 1. The van der Waals surface area contributed by atoms with Crippen LogP contribution in [0.1, 0.15) is 30.0 Å². The number of rotatable bonds is 4. The summed E-state index contributed by atoms with van der Waals surface area (Å²) in [6, 6.07) is 8.56. The zero-order valence-corrected chi connectivity index (χ0v) is 13.3. The second-order valence-electron chi connectivity index (χ2n) is 5.42. The molecule has 7 heteroatoms. The molecule has 0 spiro atoms. The van der Waals surface area contributed by atoms with Gasteiger partial charge in [-0.2, -0.15) is 0 Å². The van der Waals surface area contributed by atoms with Crippen LogP contribution in [0, 0.1) is 0 Å². The van der Waals surface area contributed by atoms with E-state index in [-0.39, 0.29) is 11.9 Å². The molecule has 0 aliphatic heterocycles. The van der Waals surface area contributed by atoms with Gasteiger partial charge in [0, 0.05) is 7.05 Å². The molecule has 0 unspecified atom stereocenters. The van der Waals surface area contributed by atoms with Crippen molar-refractivity contribution in [2.24, 2.45) is 0 Å². The monoisotopic (exact) mass is 317 g/mol. The van der Waals surface area contributed by atoms with Gasteiger partial charge in [-0.05, 0) is 30.4 Å². The lowest BCUT2D eigenvalue weighted by molar-refractivity contribution is -0.129.